The van der Waals surface area contributed by atoms with E-state index in [1.54, 1.807) is 4.90 Å². The standard InChI is InChI=1S/C21H22N2O4/c24-20-13-15(22-21(25)19-7-4-12-26-19)14-23(20)16-8-10-18(11-9-16)27-17-5-2-1-3-6-17/h1-3,5-6,8-11,15,19H,4,7,12-14H2,(H,22,25). The van der Waals surface area contributed by atoms with Crippen molar-refractivity contribution in [3.05, 3.63) is 54.6 Å². The van der Waals surface area contributed by atoms with E-state index < -0.39 is 0 Å². The Bertz CT molecular complexity index is 801. The number of benzene rings is 2. The van der Waals surface area contributed by atoms with Crippen molar-refractivity contribution < 1.29 is 19.1 Å². The molecule has 2 aromatic carbocycles. The maximum Gasteiger partial charge on any atom is 0.249 e. The number of nitrogens with zero attached hydrogens (tertiary/aromatic N) is 1. The molecule has 2 aliphatic rings. The highest BCUT2D eigenvalue weighted by atomic mass is 16.5. The summed E-state index contributed by atoms with van der Waals surface area (Å²) < 4.78 is 11.2. The van der Waals surface area contributed by atoms with Gasteiger partial charge in [0.15, 0.2) is 0 Å². The van der Waals surface area contributed by atoms with Crippen molar-refractivity contribution in [2.45, 2.75) is 31.4 Å². The van der Waals surface area contributed by atoms with E-state index in [9.17, 15) is 9.59 Å². The number of amides is 2. The van der Waals surface area contributed by atoms with Crippen LogP contribution in [0.4, 0.5) is 5.69 Å². The van der Waals surface area contributed by atoms with Crippen molar-refractivity contribution in [3.63, 3.8) is 0 Å². The van der Waals surface area contributed by atoms with E-state index in [-0.39, 0.29) is 24.0 Å². The number of rotatable bonds is 5. The zero-order valence-corrected chi connectivity index (χ0v) is 15.0. The first-order valence-electron chi connectivity index (χ1n) is 9.24. The molecule has 2 amide bonds. The van der Waals surface area contributed by atoms with Gasteiger partial charge in [0.25, 0.3) is 0 Å². The molecule has 2 aromatic rings. The molecule has 1 N–H and O–H groups in total. The number of hydrogen-bond acceptors (Lipinski definition) is 4. The van der Waals surface area contributed by atoms with Gasteiger partial charge in [0.2, 0.25) is 11.8 Å². The number of ether oxygens (including phenoxy) is 2. The largest absolute Gasteiger partial charge is 0.457 e. The van der Waals surface area contributed by atoms with Gasteiger partial charge in [-0.1, -0.05) is 18.2 Å². The lowest BCUT2D eigenvalue weighted by molar-refractivity contribution is -0.130. The Balaban J connectivity index is 1.36. The van der Waals surface area contributed by atoms with Gasteiger partial charge < -0.3 is 19.7 Å². The zero-order valence-electron chi connectivity index (χ0n) is 15.0. The van der Waals surface area contributed by atoms with Crippen LogP contribution < -0.4 is 15.0 Å². The number of hydrogen-bond donors (Lipinski definition) is 1. The van der Waals surface area contributed by atoms with E-state index in [1.165, 1.54) is 0 Å². The van der Waals surface area contributed by atoms with Crippen molar-refractivity contribution in [1.29, 1.82) is 0 Å². The van der Waals surface area contributed by atoms with Crippen LogP contribution in [-0.2, 0) is 14.3 Å². The highest BCUT2D eigenvalue weighted by molar-refractivity contribution is 5.97. The second-order valence-electron chi connectivity index (χ2n) is 6.82. The third kappa shape index (κ3) is 4.11. The molecule has 6 heteroatoms. The molecule has 0 aromatic heterocycles. The summed E-state index contributed by atoms with van der Waals surface area (Å²) in [5.41, 5.74) is 0.800. The number of carbonyl (C=O) groups excluding carboxylic acids is 2. The molecule has 27 heavy (non-hydrogen) atoms. The first-order chi connectivity index (χ1) is 13.2. The van der Waals surface area contributed by atoms with Crippen LogP contribution in [0.15, 0.2) is 54.6 Å². The van der Waals surface area contributed by atoms with Gasteiger partial charge in [-0.05, 0) is 49.2 Å². The van der Waals surface area contributed by atoms with Crippen LogP contribution in [0.3, 0.4) is 0 Å². The van der Waals surface area contributed by atoms with Crippen molar-refractivity contribution in [2.75, 3.05) is 18.1 Å². The highest BCUT2D eigenvalue weighted by Gasteiger charge is 2.33. The van der Waals surface area contributed by atoms with Crippen LogP contribution in [0.25, 0.3) is 0 Å². The molecule has 2 aliphatic heterocycles. The number of carbonyl (C=O) groups is 2. The van der Waals surface area contributed by atoms with Crippen molar-refractivity contribution >= 4 is 17.5 Å². The summed E-state index contributed by atoms with van der Waals surface area (Å²) >= 11 is 0. The fourth-order valence-electron chi connectivity index (χ4n) is 3.45. The highest BCUT2D eigenvalue weighted by Crippen LogP contribution is 2.27. The summed E-state index contributed by atoms with van der Waals surface area (Å²) in [7, 11) is 0. The zero-order chi connectivity index (χ0) is 18.6. The quantitative estimate of drug-likeness (QED) is 0.884. The fraction of sp³-hybridized carbons (Fsp3) is 0.333. The van der Waals surface area contributed by atoms with E-state index in [0.717, 1.165) is 24.3 Å². The first kappa shape index (κ1) is 17.5. The second-order valence-corrected chi connectivity index (χ2v) is 6.82. The summed E-state index contributed by atoms with van der Waals surface area (Å²) in [6, 6.07) is 16.8. The Kier molecular flexibility index (Phi) is 5.07. The Morgan fingerprint density at radius 2 is 1.81 bits per heavy atom. The van der Waals surface area contributed by atoms with E-state index in [0.29, 0.717) is 25.3 Å². The molecule has 0 spiro atoms. The van der Waals surface area contributed by atoms with Crippen molar-refractivity contribution in [2.24, 2.45) is 0 Å². The third-order valence-corrected chi connectivity index (χ3v) is 4.82. The molecule has 6 nitrogen and oxygen atoms in total. The molecule has 0 bridgehead atoms. The summed E-state index contributed by atoms with van der Waals surface area (Å²) in [6.07, 6.45) is 1.59. The second kappa shape index (κ2) is 7.80. The molecule has 0 aliphatic carbocycles. The minimum atomic E-state index is -0.372. The van der Waals surface area contributed by atoms with E-state index in [1.807, 2.05) is 54.6 Å². The number of para-hydroxylation sites is 1. The molecule has 2 heterocycles. The van der Waals surface area contributed by atoms with E-state index in [4.69, 9.17) is 9.47 Å². The number of anilines is 1. The Morgan fingerprint density at radius 3 is 2.52 bits per heavy atom. The fourth-order valence-corrected chi connectivity index (χ4v) is 3.45. The summed E-state index contributed by atoms with van der Waals surface area (Å²) in [5, 5.41) is 2.94. The first-order valence-corrected chi connectivity index (χ1v) is 9.24. The predicted molar refractivity (Wildman–Crippen MR) is 101 cm³/mol. The van der Waals surface area contributed by atoms with E-state index >= 15 is 0 Å². The molecule has 2 unspecified atom stereocenters. The van der Waals surface area contributed by atoms with Crippen LogP contribution in [0.1, 0.15) is 19.3 Å². The van der Waals surface area contributed by atoms with Gasteiger partial charge in [-0.3, -0.25) is 9.59 Å². The van der Waals surface area contributed by atoms with Gasteiger partial charge in [-0.25, -0.2) is 0 Å². The predicted octanol–water partition coefficient (Wildman–Crippen LogP) is 2.88. The Labute approximate surface area is 158 Å². The lowest BCUT2D eigenvalue weighted by Crippen LogP contribution is -2.42. The molecule has 0 saturated carbocycles. The van der Waals surface area contributed by atoms with Crippen LogP contribution in [0, 0.1) is 0 Å². The van der Waals surface area contributed by atoms with Crippen LogP contribution >= 0.6 is 0 Å². The lowest BCUT2D eigenvalue weighted by Gasteiger charge is -2.18. The molecule has 140 valence electrons. The summed E-state index contributed by atoms with van der Waals surface area (Å²) in [6.45, 7) is 1.10. The topological polar surface area (TPSA) is 67.9 Å². The minimum absolute atomic E-state index is 0.00404. The molecule has 2 saturated heterocycles. The van der Waals surface area contributed by atoms with Gasteiger partial charge in [-0.2, -0.15) is 0 Å². The molecule has 2 fully saturated rings. The van der Waals surface area contributed by atoms with Gasteiger partial charge in [0, 0.05) is 25.3 Å². The average Bonchev–Trinajstić information content (AvgIpc) is 3.33. The van der Waals surface area contributed by atoms with E-state index in [2.05, 4.69) is 5.32 Å². The molecule has 2 atom stereocenters. The summed E-state index contributed by atoms with van der Waals surface area (Å²) in [5.74, 6) is 1.36. The lowest BCUT2D eigenvalue weighted by atomic mass is 10.2. The van der Waals surface area contributed by atoms with Gasteiger partial charge in [0.1, 0.15) is 17.6 Å². The van der Waals surface area contributed by atoms with Crippen molar-refractivity contribution in [1.82, 2.24) is 5.32 Å². The average molecular weight is 366 g/mol. The van der Waals surface area contributed by atoms with Crippen LogP contribution in [-0.4, -0.2) is 37.1 Å². The maximum absolute atomic E-state index is 12.4. The molecule has 4 rings (SSSR count). The van der Waals surface area contributed by atoms with Crippen LogP contribution in [0.2, 0.25) is 0 Å². The molecular formula is C21H22N2O4. The van der Waals surface area contributed by atoms with Crippen LogP contribution in [0.5, 0.6) is 11.5 Å². The van der Waals surface area contributed by atoms with Gasteiger partial charge in [0.05, 0.1) is 6.04 Å². The Morgan fingerprint density at radius 1 is 1.07 bits per heavy atom. The SMILES string of the molecule is O=C(NC1CC(=O)N(c2ccc(Oc3ccccc3)cc2)C1)C1CCCO1. The third-order valence-electron chi connectivity index (χ3n) is 4.82. The maximum atomic E-state index is 12.4. The van der Waals surface area contributed by atoms with Crippen molar-refractivity contribution in [3.8, 4) is 11.5 Å². The molecular weight excluding hydrogens is 344 g/mol. The monoisotopic (exact) mass is 366 g/mol. The Hall–Kier alpha value is -2.86. The number of nitrogens with one attached hydrogen (secondary N) is 1. The minimum Gasteiger partial charge on any atom is -0.457 e. The molecule has 0 radical (unpaired) electrons. The normalized spacial score (nSPS) is 22.1. The van der Waals surface area contributed by atoms with Gasteiger partial charge >= 0.3 is 0 Å². The smallest absolute Gasteiger partial charge is 0.249 e. The summed E-state index contributed by atoms with van der Waals surface area (Å²) in [4.78, 5) is 26.3. The van der Waals surface area contributed by atoms with Gasteiger partial charge in [-0.15, -0.1) is 0 Å².